The molecule has 1 aromatic rings. The molecule has 8 nitrogen and oxygen atoms in total. The van der Waals surface area contributed by atoms with E-state index in [4.69, 9.17) is 4.74 Å². The van der Waals surface area contributed by atoms with Crippen molar-refractivity contribution in [2.75, 3.05) is 13.2 Å². The van der Waals surface area contributed by atoms with Crippen LogP contribution in [-0.2, 0) is 14.3 Å². The summed E-state index contributed by atoms with van der Waals surface area (Å²) in [6.45, 7) is 10.5. The lowest BCUT2D eigenvalue weighted by Gasteiger charge is -2.36. The largest absolute Gasteiger partial charge is 0.444 e. The first-order valence-corrected chi connectivity index (χ1v) is 12.7. The van der Waals surface area contributed by atoms with Crippen molar-refractivity contribution in [1.29, 1.82) is 0 Å². The van der Waals surface area contributed by atoms with Crippen LogP contribution in [0.25, 0.3) is 0 Å². The van der Waals surface area contributed by atoms with E-state index in [1.807, 2.05) is 45.0 Å². The van der Waals surface area contributed by atoms with Crippen LogP contribution in [-0.4, -0.2) is 58.8 Å². The summed E-state index contributed by atoms with van der Waals surface area (Å²) in [7, 11) is 0. The Kier molecular flexibility index (Phi) is 10.6. The maximum Gasteiger partial charge on any atom is 0.408 e. The van der Waals surface area contributed by atoms with Crippen LogP contribution >= 0.6 is 0 Å². The van der Waals surface area contributed by atoms with E-state index < -0.39 is 29.7 Å². The predicted octanol–water partition coefficient (Wildman–Crippen LogP) is 3.86. The van der Waals surface area contributed by atoms with Crippen molar-refractivity contribution >= 4 is 17.9 Å². The molecule has 35 heavy (non-hydrogen) atoms. The topological polar surface area (TPSA) is 108 Å². The van der Waals surface area contributed by atoms with E-state index in [1.165, 1.54) is 4.90 Å². The molecule has 2 atom stereocenters. The Morgan fingerprint density at radius 3 is 2.34 bits per heavy atom. The summed E-state index contributed by atoms with van der Waals surface area (Å²) in [6, 6.07) is 5.69. The van der Waals surface area contributed by atoms with E-state index in [9.17, 15) is 19.5 Å². The summed E-state index contributed by atoms with van der Waals surface area (Å²) in [6.07, 6.45) is 4.41. The fourth-order valence-electron chi connectivity index (χ4n) is 4.44. The van der Waals surface area contributed by atoms with Gasteiger partial charge in [-0.1, -0.05) is 62.9 Å². The number of alkyl carbamates (subject to hydrolysis) is 1. The van der Waals surface area contributed by atoms with Crippen molar-refractivity contribution in [3.63, 3.8) is 0 Å². The number of nitrogens with one attached hydrogen (secondary N) is 2. The highest BCUT2D eigenvalue weighted by Gasteiger charge is 2.38. The molecule has 0 spiro atoms. The second-order valence-corrected chi connectivity index (χ2v) is 10.8. The Morgan fingerprint density at radius 2 is 1.80 bits per heavy atom. The van der Waals surface area contributed by atoms with Gasteiger partial charge in [-0.05, 0) is 52.0 Å². The van der Waals surface area contributed by atoms with Crippen molar-refractivity contribution < 1.29 is 24.2 Å². The molecule has 0 radical (unpaired) electrons. The van der Waals surface area contributed by atoms with Gasteiger partial charge in [0.15, 0.2) is 0 Å². The van der Waals surface area contributed by atoms with E-state index in [0.29, 0.717) is 5.56 Å². The molecule has 0 bridgehead atoms. The van der Waals surface area contributed by atoms with Crippen LogP contribution in [0.5, 0.6) is 0 Å². The van der Waals surface area contributed by atoms with E-state index in [1.54, 1.807) is 20.8 Å². The first kappa shape index (κ1) is 28.6. The molecule has 2 unspecified atom stereocenters. The van der Waals surface area contributed by atoms with E-state index >= 15 is 0 Å². The second kappa shape index (κ2) is 12.9. The zero-order valence-electron chi connectivity index (χ0n) is 22.1. The molecule has 1 aromatic carbocycles. The number of carbonyl (C=O) groups excluding carboxylic acids is 3. The Morgan fingerprint density at radius 1 is 1.14 bits per heavy atom. The molecule has 8 heteroatoms. The molecule has 0 heterocycles. The van der Waals surface area contributed by atoms with Gasteiger partial charge < -0.3 is 25.4 Å². The Bertz CT molecular complexity index is 859. The molecule has 1 aliphatic carbocycles. The third-order valence-corrected chi connectivity index (χ3v) is 6.10. The minimum absolute atomic E-state index is 0.0469. The molecule has 1 saturated carbocycles. The van der Waals surface area contributed by atoms with Gasteiger partial charge in [-0.2, -0.15) is 0 Å². The van der Waals surface area contributed by atoms with Gasteiger partial charge in [0.1, 0.15) is 17.7 Å². The number of ether oxygens (including phenoxy) is 1. The monoisotopic (exact) mass is 489 g/mol. The van der Waals surface area contributed by atoms with Crippen LogP contribution in [0.2, 0.25) is 0 Å². The van der Waals surface area contributed by atoms with Gasteiger partial charge in [0.25, 0.3) is 0 Å². The second-order valence-electron chi connectivity index (χ2n) is 10.8. The van der Waals surface area contributed by atoms with Crippen LogP contribution < -0.4 is 10.6 Å². The third kappa shape index (κ3) is 8.84. The van der Waals surface area contributed by atoms with E-state index in [0.717, 1.165) is 37.7 Å². The fraction of sp³-hybridized carbons (Fsp3) is 0.667. The molecular formula is C27H43N3O5. The zero-order chi connectivity index (χ0) is 26.2. The molecule has 0 aromatic heterocycles. The van der Waals surface area contributed by atoms with Gasteiger partial charge in [-0.15, -0.1) is 0 Å². The highest BCUT2D eigenvalue weighted by atomic mass is 16.6. The average molecular weight is 490 g/mol. The van der Waals surface area contributed by atoms with Crippen LogP contribution in [0.4, 0.5) is 4.79 Å². The Balaban J connectivity index is 2.40. The Hall–Kier alpha value is -2.61. The first-order valence-electron chi connectivity index (χ1n) is 12.7. The number of hydrogen-bond acceptors (Lipinski definition) is 5. The summed E-state index contributed by atoms with van der Waals surface area (Å²) < 4.78 is 5.37. The standard InChI is InChI=1S/C27H43N3O5/c1-18(2)22(29-26(34)35-27(4,5)6)25(33)30(15-16-31)23(20-12-10-11-19(3)17-20)24(32)28-21-13-8-7-9-14-21/h10-12,17-18,21-23,31H,7-9,13-16H2,1-6H3,(H,28,32)(H,29,34). The van der Waals surface area contributed by atoms with Crippen molar-refractivity contribution in [2.24, 2.45) is 5.92 Å². The predicted molar refractivity (Wildman–Crippen MR) is 136 cm³/mol. The van der Waals surface area contributed by atoms with Crippen molar-refractivity contribution in [3.8, 4) is 0 Å². The molecule has 0 saturated heterocycles. The summed E-state index contributed by atoms with van der Waals surface area (Å²) in [4.78, 5) is 41.4. The smallest absolute Gasteiger partial charge is 0.408 e. The molecule has 3 amide bonds. The molecule has 1 fully saturated rings. The van der Waals surface area contributed by atoms with Crippen molar-refractivity contribution in [3.05, 3.63) is 35.4 Å². The minimum atomic E-state index is -0.932. The van der Waals surface area contributed by atoms with Gasteiger partial charge in [0.05, 0.1) is 6.61 Å². The van der Waals surface area contributed by atoms with E-state index in [2.05, 4.69) is 10.6 Å². The first-order chi connectivity index (χ1) is 16.4. The maximum atomic E-state index is 13.8. The number of aryl methyl sites for hydroxylation is 1. The lowest BCUT2D eigenvalue weighted by molar-refractivity contribution is -0.144. The summed E-state index contributed by atoms with van der Waals surface area (Å²) >= 11 is 0. The molecule has 196 valence electrons. The highest BCUT2D eigenvalue weighted by molar-refractivity contribution is 5.92. The van der Waals surface area contributed by atoms with Crippen molar-refractivity contribution in [1.82, 2.24) is 15.5 Å². The van der Waals surface area contributed by atoms with Crippen LogP contribution in [0.3, 0.4) is 0 Å². The van der Waals surface area contributed by atoms with Gasteiger partial charge in [0, 0.05) is 12.6 Å². The summed E-state index contributed by atoms with van der Waals surface area (Å²) in [5.41, 5.74) is 0.908. The molecule has 1 aliphatic rings. The van der Waals surface area contributed by atoms with Gasteiger partial charge in [-0.25, -0.2) is 4.79 Å². The molecule has 0 aliphatic heterocycles. The number of benzene rings is 1. The SMILES string of the molecule is Cc1cccc(C(C(=O)NC2CCCCC2)N(CCO)C(=O)C(NC(=O)OC(C)(C)C)C(C)C)c1. The van der Waals surface area contributed by atoms with Gasteiger partial charge in [0.2, 0.25) is 11.8 Å². The summed E-state index contributed by atoms with van der Waals surface area (Å²) in [5, 5.41) is 15.7. The lowest BCUT2D eigenvalue weighted by Crippen LogP contribution is -2.56. The number of amides is 3. The number of carbonyl (C=O) groups is 3. The number of aliphatic hydroxyl groups excluding tert-OH is 1. The number of aliphatic hydroxyl groups is 1. The zero-order valence-corrected chi connectivity index (χ0v) is 22.1. The van der Waals surface area contributed by atoms with E-state index in [-0.39, 0.29) is 31.0 Å². The van der Waals surface area contributed by atoms with Crippen LogP contribution in [0.1, 0.15) is 83.9 Å². The molecule has 3 N–H and O–H groups in total. The van der Waals surface area contributed by atoms with Crippen LogP contribution in [0, 0.1) is 12.8 Å². The highest BCUT2D eigenvalue weighted by Crippen LogP contribution is 2.26. The van der Waals surface area contributed by atoms with Gasteiger partial charge in [-0.3, -0.25) is 9.59 Å². The minimum Gasteiger partial charge on any atom is -0.444 e. The molecular weight excluding hydrogens is 446 g/mol. The third-order valence-electron chi connectivity index (χ3n) is 6.10. The van der Waals surface area contributed by atoms with Crippen LogP contribution in [0.15, 0.2) is 24.3 Å². The average Bonchev–Trinajstić information content (AvgIpc) is 2.76. The lowest BCUT2D eigenvalue weighted by atomic mass is 9.94. The quantitative estimate of drug-likeness (QED) is 0.488. The fourth-order valence-corrected chi connectivity index (χ4v) is 4.44. The number of rotatable bonds is 9. The van der Waals surface area contributed by atoms with Crippen molar-refractivity contribution in [2.45, 2.75) is 97.4 Å². The Labute approximate surface area is 209 Å². The molecule has 2 rings (SSSR count). The number of hydrogen-bond donors (Lipinski definition) is 3. The number of nitrogens with zero attached hydrogens (tertiary/aromatic N) is 1. The summed E-state index contributed by atoms with van der Waals surface area (Å²) in [5.74, 6) is -0.981. The maximum absolute atomic E-state index is 13.8. The normalized spacial score (nSPS) is 16.3. The van der Waals surface area contributed by atoms with Gasteiger partial charge >= 0.3 is 6.09 Å².